The van der Waals surface area contributed by atoms with Gasteiger partial charge in [0.15, 0.2) is 5.65 Å². The molecule has 4 rings (SSSR count). The third-order valence-corrected chi connectivity index (χ3v) is 4.80. The molecule has 0 radical (unpaired) electrons. The molecule has 0 bridgehead atoms. The van der Waals surface area contributed by atoms with Crippen molar-refractivity contribution in [1.82, 2.24) is 24.8 Å². The van der Waals surface area contributed by atoms with Gasteiger partial charge in [0.25, 0.3) is 0 Å². The Kier molecular flexibility index (Phi) is 5.16. The number of benzene rings is 1. The van der Waals surface area contributed by atoms with Gasteiger partial charge in [0.2, 0.25) is 11.1 Å². The summed E-state index contributed by atoms with van der Waals surface area (Å²) in [4.78, 5) is 16.4. The van der Waals surface area contributed by atoms with Gasteiger partial charge in [-0.3, -0.25) is 9.78 Å². The van der Waals surface area contributed by atoms with Crippen molar-refractivity contribution in [3.05, 3.63) is 60.9 Å². The second-order valence-corrected chi connectivity index (χ2v) is 6.72. The Balaban J connectivity index is 1.47. The molecule has 0 spiro atoms. The van der Waals surface area contributed by atoms with E-state index in [2.05, 4.69) is 25.6 Å². The first-order chi connectivity index (χ1) is 13.7. The predicted molar refractivity (Wildman–Crippen MR) is 106 cm³/mol. The Morgan fingerprint density at radius 3 is 2.93 bits per heavy atom. The first kappa shape index (κ1) is 17.9. The van der Waals surface area contributed by atoms with Gasteiger partial charge in [0.05, 0.1) is 18.6 Å². The normalized spacial score (nSPS) is 10.8. The predicted octanol–water partition coefficient (Wildman–Crippen LogP) is 2.93. The van der Waals surface area contributed by atoms with E-state index >= 15 is 0 Å². The van der Waals surface area contributed by atoms with Gasteiger partial charge in [0, 0.05) is 29.7 Å². The first-order valence-corrected chi connectivity index (χ1v) is 9.41. The molecule has 3 aromatic heterocycles. The summed E-state index contributed by atoms with van der Waals surface area (Å²) in [5, 5.41) is 16.2. The van der Waals surface area contributed by atoms with Crippen LogP contribution in [0.4, 0.5) is 5.69 Å². The van der Waals surface area contributed by atoms with Crippen LogP contribution in [-0.2, 0) is 4.79 Å². The number of fused-ring (bicyclic) bond motifs is 1. The van der Waals surface area contributed by atoms with Gasteiger partial charge in [-0.1, -0.05) is 17.8 Å². The lowest BCUT2D eigenvalue weighted by Crippen LogP contribution is -2.14. The topological polar surface area (TPSA) is 94.3 Å². The van der Waals surface area contributed by atoms with Crippen molar-refractivity contribution in [2.24, 2.45) is 0 Å². The molecule has 0 aliphatic rings. The third kappa shape index (κ3) is 3.94. The van der Waals surface area contributed by atoms with E-state index in [1.54, 1.807) is 36.2 Å². The molecule has 0 atom stereocenters. The highest BCUT2D eigenvalue weighted by Crippen LogP contribution is 2.21. The van der Waals surface area contributed by atoms with E-state index in [1.807, 2.05) is 36.4 Å². The molecule has 0 saturated carbocycles. The number of ether oxygens (including phenoxy) is 1. The second kappa shape index (κ2) is 8.05. The average Bonchev–Trinajstić information content (AvgIpc) is 3.15. The summed E-state index contributed by atoms with van der Waals surface area (Å²) in [5.74, 6) is 0.705. The van der Waals surface area contributed by atoms with Gasteiger partial charge in [-0.05, 0) is 36.4 Å². The molecule has 4 aromatic rings. The van der Waals surface area contributed by atoms with Crippen LogP contribution in [0, 0.1) is 0 Å². The summed E-state index contributed by atoms with van der Waals surface area (Å²) >= 11 is 1.27. The van der Waals surface area contributed by atoms with Crippen molar-refractivity contribution >= 4 is 29.0 Å². The van der Waals surface area contributed by atoms with E-state index in [1.165, 1.54) is 11.8 Å². The Morgan fingerprint density at radius 1 is 1.18 bits per heavy atom. The Labute approximate surface area is 165 Å². The summed E-state index contributed by atoms with van der Waals surface area (Å²) in [6.45, 7) is 0. The van der Waals surface area contributed by atoms with Gasteiger partial charge >= 0.3 is 0 Å². The zero-order valence-corrected chi connectivity index (χ0v) is 15.8. The Morgan fingerprint density at radius 2 is 2.11 bits per heavy atom. The number of pyridine rings is 1. The van der Waals surface area contributed by atoms with E-state index in [-0.39, 0.29) is 11.7 Å². The van der Waals surface area contributed by atoms with E-state index < -0.39 is 0 Å². The molecule has 1 N–H and O–H groups in total. The minimum Gasteiger partial charge on any atom is -0.497 e. The molecule has 0 fully saturated rings. The van der Waals surface area contributed by atoms with Crippen LogP contribution in [0.1, 0.15) is 0 Å². The van der Waals surface area contributed by atoms with Crippen molar-refractivity contribution < 1.29 is 9.53 Å². The molecule has 1 aromatic carbocycles. The zero-order chi connectivity index (χ0) is 19.3. The number of hydrogen-bond acceptors (Lipinski definition) is 7. The number of carbonyl (C=O) groups is 1. The largest absolute Gasteiger partial charge is 0.497 e. The Bertz CT molecular complexity index is 1120. The van der Waals surface area contributed by atoms with Crippen LogP contribution in [0.5, 0.6) is 5.75 Å². The zero-order valence-electron chi connectivity index (χ0n) is 14.9. The third-order valence-electron chi connectivity index (χ3n) is 3.88. The summed E-state index contributed by atoms with van der Waals surface area (Å²) in [6.07, 6.45) is 3.45. The standard InChI is InChI=1S/C19H16N6O2S/c1-27-15-6-2-5-14(10-15)21-18(26)12-28-19-23-22-17-8-7-16(24-25(17)19)13-4-3-9-20-11-13/h2-11H,12H2,1H3,(H,21,26). The highest BCUT2D eigenvalue weighted by Gasteiger charge is 2.12. The molecule has 28 heavy (non-hydrogen) atoms. The number of anilines is 1. The molecular formula is C19H16N6O2S. The van der Waals surface area contributed by atoms with Crippen molar-refractivity contribution in [3.63, 3.8) is 0 Å². The highest BCUT2D eigenvalue weighted by atomic mass is 32.2. The molecule has 3 heterocycles. The van der Waals surface area contributed by atoms with E-state index in [4.69, 9.17) is 4.74 Å². The van der Waals surface area contributed by atoms with E-state index in [9.17, 15) is 4.79 Å². The average molecular weight is 392 g/mol. The van der Waals surface area contributed by atoms with Crippen molar-refractivity contribution in [1.29, 1.82) is 0 Å². The minimum atomic E-state index is -0.154. The number of methoxy groups -OCH3 is 1. The van der Waals surface area contributed by atoms with Gasteiger partial charge in [0.1, 0.15) is 5.75 Å². The van der Waals surface area contributed by atoms with Crippen LogP contribution < -0.4 is 10.1 Å². The van der Waals surface area contributed by atoms with Crippen LogP contribution in [0.15, 0.2) is 66.1 Å². The molecule has 140 valence electrons. The van der Waals surface area contributed by atoms with Gasteiger partial charge in [-0.15, -0.1) is 10.2 Å². The first-order valence-electron chi connectivity index (χ1n) is 8.42. The van der Waals surface area contributed by atoms with Crippen LogP contribution >= 0.6 is 11.8 Å². The van der Waals surface area contributed by atoms with Gasteiger partial charge in [-0.25, -0.2) is 0 Å². The maximum Gasteiger partial charge on any atom is 0.234 e. The highest BCUT2D eigenvalue weighted by molar-refractivity contribution is 7.99. The van der Waals surface area contributed by atoms with E-state index in [0.29, 0.717) is 22.2 Å². The lowest BCUT2D eigenvalue weighted by Gasteiger charge is -2.06. The number of rotatable bonds is 6. The second-order valence-electron chi connectivity index (χ2n) is 5.78. The summed E-state index contributed by atoms with van der Waals surface area (Å²) in [7, 11) is 1.58. The Hall–Kier alpha value is -3.46. The molecule has 9 heteroatoms. The number of nitrogens with one attached hydrogen (secondary N) is 1. The molecule has 0 unspecified atom stereocenters. The molecule has 1 amide bonds. The molecule has 0 aliphatic heterocycles. The summed E-state index contributed by atoms with van der Waals surface area (Å²) in [6, 6.07) is 14.7. The number of thioether (sulfide) groups is 1. The van der Waals surface area contributed by atoms with Gasteiger partial charge in [-0.2, -0.15) is 9.61 Å². The quantitative estimate of drug-likeness (QED) is 0.504. The van der Waals surface area contributed by atoms with Crippen molar-refractivity contribution in [3.8, 4) is 17.0 Å². The van der Waals surface area contributed by atoms with Gasteiger partial charge < -0.3 is 10.1 Å². The smallest absolute Gasteiger partial charge is 0.234 e. The fourth-order valence-corrected chi connectivity index (χ4v) is 3.24. The molecule has 0 aliphatic carbocycles. The van der Waals surface area contributed by atoms with Crippen LogP contribution in [0.3, 0.4) is 0 Å². The number of nitrogens with zero attached hydrogens (tertiary/aromatic N) is 5. The fourth-order valence-electron chi connectivity index (χ4n) is 2.56. The van der Waals surface area contributed by atoms with Crippen LogP contribution in [0.25, 0.3) is 16.9 Å². The minimum absolute atomic E-state index is 0.154. The monoisotopic (exact) mass is 392 g/mol. The maximum atomic E-state index is 12.3. The molecule has 0 saturated heterocycles. The van der Waals surface area contributed by atoms with Crippen molar-refractivity contribution in [2.75, 3.05) is 18.2 Å². The summed E-state index contributed by atoms with van der Waals surface area (Å²) < 4.78 is 6.79. The fraction of sp³-hybridized carbons (Fsp3) is 0.105. The lowest BCUT2D eigenvalue weighted by atomic mass is 10.2. The number of hydrogen-bond donors (Lipinski definition) is 1. The maximum absolute atomic E-state index is 12.3. The number of carbonyl (C=O) groups excluding carboxylic acids is 1. The van der Waals surface area contributed by atoms with E-state index in [0.717, 1.165) is 11.3 Å². The van der Waals surface area contributed by atoms with Crippen LogP contribution in [-0.4, -0.2) is 43.6 Å². The molecular weight excluding hydrogens is 376 g/mol. The van der Waals surface area contributed by atoms with Crippen LogP contribution in [0.2, 0.25) is 0 Å². The lowest BCUT2D eigenvalue weighted by molar-refractivity contribution is -0.113. The summed E-state index contributed by atoms with van der Waals surface area (Å²) in [5.41, 5.74) is 2.93. The number of amides is 1. The van der Waals surface area contributed by atoms with Crippen molar-refractivity contribution in [2.45, 2.75) is 5.16 Å². The molecule has 8 nitrogen and oxygen atoms in total. The number of aromatic nitrogens is 5. The SMILES string of the molecule is COc1cccc(NC(=O)CSc2nnc3ccc(-c4cccnc4)nn23)c1.